The Morgan fingerprint density at radius 3 is 2.14 bits per heavy atom. The molecule has 0 spiro atoms. The van der Waals surface area contributed by atoms with E-state index < -0.39 is 10.4 Å². The van der Waals surface area contributed by atoms with E-state index in [-0.39, 0.29) is 6.04 Å². The van der Waals surface area contributed by atoms with E-state index in [0.29, 0.717) is 0 Å². The van der Waals surface area contributed by atoms with Gasteiger partial charge in [0.15, 0.2) is 0 Å². The number of rotatable bonds is 2. The van der Waals surface area contributed by atoms with Crippen molar-refractivity contribution in [1.82, 2.24) is 9.97 Å². The van der Waals surface area contributed by atoms with Crippen LogP contribution in [0.25, 0.3) is 5.32 Å². The van der Waals surface area contributed by atoms with E-state index in [1.54, 1.807) is 0 Å². The van der Waals surface area contributed by atoms with Gasteiger partial charge in [0.2, 0.25) is 0 Å². The molecule has 187 valence electrons. The maximum absolute atomic E-state index is 8.74. The normalized spacial score (nSPS) is 16.3. The number of dihydropyridines is 1. The van der Waals surface area contributed by atoms with Gasteiger partial charge in [-0.25, -0.2) is 0 Å². The zero-order valence-corrected chi connectivity index (χ0v) is 22.2. The van der Waals surface area contributed by atoms with E-state index in [2.05, 4.69) is 72.3 Å². The van der Waals surface area contributed by atoms with Crippen LogP contribution in [-0.2, 0) is 31.4 Å². The molecule has 1 unspecified atom stereocenters. The molecule has 0 amide bonds. The molecule has 9 nitrogen and oxygen atoms in total. The van der Waals surface area contributed by atoms with E-state index >= 15 is 0 Å². The molecule has 2 N–H and O–H groups in total. The maximum atomic E-state index is 8.74. The summed E-state index contributed by atoms with van der Waals surface area (Å²) in [6.07, 6.45) is 12.9. The molecule has 2 aliphatic heterocycles. The molecule has 0 saturated carbocycles. The van der Waals surface area contributed by atoms with Crippen molar-refractivity contribution < 1.29 is 38.6 Å². The predicted octanol–water partition coefficient (Wildman–Crippen LogP) is 5.03. The predicted molar refractivity (Wildman–Crippen MR) is 132 cm³/mol. The number of nitrogens with zero attached hydrogens (tertiary/aromatic N) is 4. The second-order valence-electron chi connectivity index (χ2n) is 7.75. The van der Waals surface area contributed by atoms with Crippen LogP contribution in [0.3, 0.4) is 0 Å². The molecule has 0 aromatic carbocycles. The van der Waals surface area contributed by atoms with Gasteiger partial charge in [-0.2, -0.15) is 14.6 Å². The van der Waals surface area contributed by atoms with E-state index in [1.807, 2.05) is 36.8 Å². The molecular formula is C24H29N4O5SV-. The van der Waals surface area contributed by atoms with Gasteiger partial charge in [0, 0.05) is 24.6 Å². The van der Waals surface area contributed by atoms with Gasteiger partial charge in [0.1, 0.15) is 0 Å². The van der Waals surface area contributed by atoms with Crippen molar-refractivity contribution in [3.63, 3.8) is 0 Å². The number of pyridine rings is 2. The van der Waals surface area contributed by atoms with Crippen LogP contribution < -0.4 is 0 Å². The number of hydrogen-bond acceptors (Lipinski definition) is 6. The van der Waals surface area contributed by atoms with E-state index in [9.17, 15) is 0 Å². The third-order valence-corrected chi connectivity index (χ3v) is 4.59. The average molecular weight is 537 g/mol. The first kappa shape index (κ1) is 30.3. The third-order valence-electron chi connectivity index (χ3n) is 4.59. The zero-order chi connectivity index (χ0) is 26.4. The molecule has 35 heavy (non-hydrogen) atoms. The summed E-state index contributed by atoms with van der Waals surface area (Å²) in [6.45, 7) is 9.26. The van der Waals surface area contributed by atoms with Crippen LogP contribution in [0.2, 0.25) is 0 Å². The molecule has 0 aliphatic carbocycles. The minimum atomic E-state index is -4.67. The molecule has 11 heteroatoms. The quantitative estimate of drug-likeness (QED) is 0.512. The number of aliphatic imine (C=N–C) groups is 1. The van der Waals surface area contributed by atoms with Crippen molar-refractivity contribution >= 4 is 16.1 Å². The molecule has 0 bridgehead atoms. The van der Waals surface area contributed by atoms with E-state index in [0.717, 1.165) is 47.4 Å². The molecule has 2 aliphatic rings. The molecule has 2 aromatic rings. The molecule has 0 fully saturated rings. The fraction of sp³-hybridized carbons (Fsp3) is 0.292. The summed E-state index contributed by atoms with van der Waals surface area (Å²) in [6, 6.07) is 8.26. The summed E-state index contributed by atoms with van der Waals surface area (Å²) in [5.74, 6) is 0. The first-order chi connectivity index (χ1) is 16.5. The van der Waals surface area contributed by atoms with Crippen molar-refractivity contribution in [1.29, 1.82) is 0 Å². The van der Waals surface area contributed by atoms with Crippen molar-refractivity contribution in [2.75, 3.05) is 6.54 Å². The first-order valence-electron chi connectivity index (χ1n) is 10.5. The van der Waals surface area contributed by atoms with E-state index in [1.165, 1.54) is 22.3 Å². The Balaban J connectivity index is 0.000000279. The molecule has 4 heterocycles. The summed E-state index contributed by atoms with van der Waals surface area (Å²) < 4.78 is 39.8. The van der Waals surface area contributed by atoms with Gasteiger partial charge in [0.05, 0.1) is 11.4 Å². The Hall–Kier alpha value is -2.76. The Kier molecular flexibility index (Phi) is 13.2. The van der Waals surface area contributed by atoms with Crippen molar-refractivity contribution in [3.8, 4) is 0 Å². The van der Waals surface area contributed by atoms with E-state index in [4.69, 9.17) is 21.2 Å². The first-order valence-corrected chi connectivity index (χ1v) is 12.5. The van der Waals surface area contributed by atoms with Gasteiger partial charge in [0.25, 0.3) is 0 Å². The van der Waals surface area contributed by atoms with Gasteiger partial charge in [-0.15, -0.1) is 0 Å². The monoisotopic (exact) mass is 536 g/mol. The molecule has 0 saturated heterocycles. The molecule has 2 aromatic heterocycles. The number of allylic oxidation sites excluding steroid dienone is 3. The summed E-state index contributed by atoms with van der Waals surface area (Å²) in [5, 5.41) is 4.37. The van der Waals surface area contributed by atoms with Crippen LogP contribution in [0.15, 0.2) is 77.2 Å². The minimum absolute atomic E-state index is 0.0971. The summed E-state index contributed by atoms with van der Waals surface area (Å²) in [4.78, 5) is 13.1. The Labute approximate surface area is 216 Å². The number of aryl methyl sites for hydroxylation is 2. The van der Waals surface area contributed by atoms with Crippen molar-refractivity contribution in [2.24, 2.45) is 4.99 Å². The Morgan fingerprint density at radius 1 is 1.00 bits per heavy atom. The van der Waals surface area contributed by atoms with Crippen molar-refractivity contribution in [2.45, 2.75) is 40.2 Å². The zero-order valence-electron chi connectivity index (χ0n) is 20.0. The molecule has 4 rings (SSSR count). The summed E-state index contributed by atoms with van der Waals surface area (Å²) in [5.41, 5.74) is 8.13. The van der Waals surface area contributed by atoms with Crippen LogP contribution in [0.5, 0.6) is 0 Å². The third kappa shape index (κ3) is 13.1. The van der Waals surface area contributed by atoms with Gasteiger partial charge < -0.3 is 5.32 Å². The fourth-order valence-electron chi connectivity index (χ4n) is 3.02. The van der Waals surface area contributed by atoms with Crippen LogP contribution in [-0.4, -0.2) is 39.7 Å². The summed E-state index contributed by atoms with van der Waals surface area (Å²) >= 11 is 1.06. The van der Waals surface area contributed by atoms with Crippen LogP contribution in [0, 0.1) is 13.8 Å². The number of hydrogen-bond donors (Lipinski definition) is 2. The second kappa shape index (κ2) is 15.3. The average Bonchev–Trinajstić information content (AvgIpc) is 2.80. The molecule has 0 radical (unpaired) electrons. The summed E-state index contributed by atoms with van der Waals surface area (Å²) in [7, 11) is -4.67. The van der Waals surface area contributed by atoms with Crippen molar-refractivity contribution in [3.05, 3.63) is 100 Å². The van der Waals surface area contributed by atoms with Crippen LogP contribution >= 0.6 is 0 Å². The number of aromatic nitrogens is 2. The molecular weight excluding hydrogens is 507 g/mol. The molecule has 1 atom stereocenters. The van der Waals surface area contributed by atoms with Gasteiger partial charge >= 0.3 is 31.4 Å². The topological polar surface area (TPSA) is 144 Å². The van der Waals surface area contributed by atoms with Crippen LogP contribution in [0.1, 0.15) is 48.8 Å². The Bertz CT molecular complexity index is 1200. The van der Waals surface area contributed by atoms with Crippen LogP contribution in [0.4, 0.5) is 0 Å². The fourth-order valence-corrected chi connectivity index (χ4v) is 3.02. The van der Waals surface area contributed by atoms with Gasteiger partial charge in [-0.1, -0.05) is 29.3 Å². The van der Waals surface area contributed by atoms with Gasteiger partial charge in [-0.3, -0.25) is 24.1 Å². The second-order valence-corrected chi connectivity index (χ2v) is 8.65. The SMILES string of the molecule is CC1=CC(c2cc(C)ccn2)=NCC1.CC1=CC(c2cc(C)ccn2)[N-]C=C1.O=S(=O)(O)O.[O]=[V]. The Morgan fingerprint density at radius 2 is 1.60 bits per heavy atom. The van der Waals surface area contributed by atoms with Gasteiger partial charge in [-0.05, 0) is 75.6 Å². The standard InChI is InChI=1S/C12H14N2.C12H13N2.H2O4S.O.V/c2*1-9-3-5-13-11(7-9)12-8-10(2)4-6-14-12;1-5(2,3)4;;/h3,5,7-8H,4,6H2,1-2H3;3-8,11H,1-2H3;(H2,1,2,3,4);;/q;-1;;;.